The monoisotopic (exact) mass is 418 g/mol. The molecule has 2 rings (SSSR count). The maximum absolute atomic E-state index is 13.3. The van der Waals surface area contributed by atoms with Crippen LogP contribution in [0.5, 0.6) is 0 Å². The third kappa shape index (κ3) is 8.53. The van der Waals surface area contributed by atoms with E-state index < -0.39 is 11.9 Å². The molecule has 0 aliphatic carbocycles. The van der Waals surface area contributed by atoms with Gasteiger partial charge in [-0.3, -0.25) is 4.79 Å². The van der Waals surface area contributed by atoms with Crippen LogP contribution < -0.4 is 10.6 Å². The molecule has 154 valence electrons. The SMILES string of the molecule is CCCCCNCc1cnc(Nc2cccc(Cl)c2)nc1C(F)(F)F.O=CO. The predicted octanol–water partition coefficient (Wildman–Crippen LogP) is 4.87. The van der Waals surface area contributed by atoms with Crippen molar-refractivity contribution in [3.8, 4) is 0 Å². The number of unbranched alkanes of at least 4 members (excludes halogenated alkanes) is 2. The smallest absolute Gasteiger partial charge is 0.433 e. The minimum Gasteiger partial charge on any atom is -0.483 e. The molecule has 1 aromatic carbocycles. The van der Waals surface area contributed by atoms with Crippen molar-refractivity contribution < 1.29 is 23.1 Å². The minimum absolute atomic E-state index is 0.0284. The van der Waals surface area contributed by atoms with E-state index >= 15 is 0 Å². The van der Waals surface area contributed by atoms with Crippen LogP contribution in [0.1, 0.15) is 37.4 Å². The van der Waals surface area contributed by atoms with Crippen molar-refractivity contribution in [3.63, 3.8) is 0 Å². The van der Waals surface area contributed by atoms with E-state index in [1.54, 1.807) is 24.3 Å². The fourth-order valence-corrected chi connectivity index (χ4v) is 2.45. The van der Waals surface area contributed by atoms with Gasteiger partial charge >= 0.3 is 6.18 Å². The summed E-state index contributed by atoms with van der Waals surface area (Å²) in [6, 6.07) is 6.61. The average Bonchev–Trinajstić information content (AvgIpc) is 2.62. The number of rotatable bonds is 8. The lowest BCUT2D eigenvalue weighted by Crippen LogP contribution is -2.20. The Labute approximate surface area is 166 Å². The van der Waals surface area contributed by atoms with Gasteiger partial charge in [0.15, 0.2) is 5.69 Å². The third-order valence-electron chi connectivity index (χ3n) is 3.49. The molecule has 0 aliphatic rings. The highest BCUT2D eigenvalue weighted by Crippen LogP contribution is 2.31. The summed E-state index contributed by atoms with van der Waals surface area (Å²) in [6.45, 7) is 2.56. The molecular formula is C18H22ClF3N4O2. The van der Waals surface area contributed by atoms with E-state index in [2.05, 4.69) is 27.5 Å². The number of carboxylic acid groups (broad SMARTS) is 1. The first kappa shape index (κ1) is 23.6. The van der Waals surface area contributed by atoms with Crippen LogP contribution in [0, 0.1) is 0 Å². The van der Waals surface area contributed by atoms with Crippen molar-refractivity contribution in [2.24, 2.45) is 0 Å². The van der Waals surface area contributed by atoms with Crippen molar-refractivity contribution in [3.05, 3.63) is 46.7 Å². The lowest BCUT2D eigenvalue weighted by Gasteiger charge is -2.14. The number of benzene rings is 1. The quantitative estimate of drug-likeness (QED) is 0.418. The summed E-state index contributed by atoms with van der Waals surface area (Å²) in [6.07, 6.45) is -0.322. The second-order valence-electron chi connectivity index (χ2n) is 5.69. The molecular weight excluding hydrogens is 397 g/mol. The van der Waals surface area contributed by atoms with Crippen LogP contribution in [0.25, 0.3) is 0 Å². The second-order valence-corrected chi connectivity index (χ2v) is 6.13. The Hall–Kier alpha value is -2.39. The van der Waals surface area contributed by atoms with Crippen LogP contribution >= 0.6 is 11.6 Å². The minimum atomic E-state index is -4.55. The second kappa shape index (κ2) is 12.1. The molecule has 1 aromatic heterocycles. The number of nitrogens with one attached hydrogen (secondary N) is 2. The number of anilines is 2. The molecule has 0 fully saturated rings. The van der Waals surface area contributed by atoms with Gasteiger partial charge in [0.05, 0.1) is 0 Å². The van der Waals surface area contributed by atoms with Crippen molar-refractivity contribution in [2.45, 2.75) is 38.9 Å². The average molecular weight is 419 g/mol. The zero-order valence-electron chi connectivity index (χ0n) is 15.3. The van der Waals surface area contributed by atoms with E-state index in [4.69, 9.17) is 21.5 Å². The first-order chi connectivity index (χ1) is 13.3. The maximum Gasteiger partial charge on any atom is 0.433 e. The van der Waals surface area contributed by atoms with Crippen molar-refractivity contribution in [1.82, 2.24) is 15.3 Å². The summed E-state index contributed by atoms with van der Waals surface area (Å²) in [5.41, 5.74) is -0.387. The first-order valence-electron chi connectivity index (χ1n) is 8.56. The molecule has 0 atom stereocenters. The van der Waals surface area contributed by atoms with Gasteiger partial charge in [0.2, 0.25) is 5.95 Å². The molecule has 28 heavy (non-hydrogen) atoms. The van der Waals surface area contributed by atoms with E-state index in [9.17, 15) is 13.2 Å². The topological polar surface area (TPSA) is 87.1 Å². The van der Waals surface area contributed by atoms with Gasteiger partial charge in [-0.15, -0.1) is 0 Å². The molecule has 0 aliphatic heterocycles. The Morgan fingerprint density at radius 2 is 2.00 bits per heavy atom. The highest BCUT2D eigenvalue weighted by molar-refractivity contribution is 6.30. The number of hydrogen-bond donors (Lipinski definition) is 3. The third-order valence-corrected chi connectivity index (χ3v) is 3.72. The zero-order valence-corrected chi connectivity index (χ0v) is 16.0. The van der Waals surface area contributed by atoms with E-state index in [1.807, 2.05) is 0 Å². The van der Waals surface area contributed by atoms with E-state index in [0.717, 1.165) is 19.3 Å². The van der Waals surface area contributed by atoms with Gasteiger partial charge in [-0.1, -0.05) is 37.4 Å². The summed E-state index contributed by atoms with van der Waals surface area (Å²) in [7, 11) is 0. The van der Waals surface area contributed by atoms with Crippen molar-refractivity contribution >= 4 is 29.7 Å². The molecule has 0 amide bonds. The summed E-state index contributed by atoms with van der Waals surface area (Å²) >= 11 is 5.86. The fourth-order valence-electron chi connectivity index (χ4n) is 2.26. The molecule has 0 saturated heterocycles. The van der Waals surface area contributed by atoms with Gasteiger partial charge in [0, 0.05) is 29.0 Å². The normalized spacial score (nSPS) is 10.8. The predicted molar refractivity (Wildman–Crippen MR) is 102 cm³/mol. The molecule has 10 heteroatoms. The zero-order chi connectivity index (χ0) is 21.0. The Kier molecular flexibility index (Phi) is 10.3. The molecule has 0 unspecified atom stereocenters. The lowest BCUT2D eigenvalue weighted by atomic mass is 10.2. The largest absolute Gasteiger partial charge is 0.483 e. The van der Waals surface area contributed by atoms with Crippen molar-refractivity contribution in [2.75, 3.05) is 11.9 Å². The number of aromatic nitrogens is 2. The summed E-state index contributed by atoms with van der Waals surface area (Å²) in [5, 5.41) is 13.1. The maximum atomic E-state index is 13.3. The van der Waals surface area contributed by atoms with E-state index in [1.165, 1.54) is 6.20 Å². The van der Waals surface area contributed by atoms with Gasteiger partial charge in [0.25, 0.3) is 6.47 Å². The van der Waals surface area contributed by atoms with Gasteiger partial charge < -0.3 is 15.7 Å². The van der Waals surface area contributed by atoms with Crippen LogP contribution in [0.3, 0.4) is 0 Å². The van der Waals surface area contributed by atoms with Crippen molar-refractivity contribution in [1.29, 1.82) is 0 Å². The summed E-state index contributed by atoms with van der Waals surface area (Å²) < 4.78 is 39.9. The summed E-state index contributed by atoms with van der Waals surface area (Å²) in [4.78, 5) is 16.0. The Balaban J connectivity index is 0.00000122. The first-order valence-corrected chi connectivity index (χ1v) is 8.93. The number of hydrogen-bond acceptors (Lipinski definition) is 5. The highest BCUT2D eigenvalue weighted by atomic mass is 35.5. The van der Waals surface area contributed by atoms with Gasteiger partial charge in [-0.2, -0.15) is 13.2 Å². The lowest BCUT2D eigenvalue weighted by molar-refractivity contribution is -0.141. The van der Waals surface area contributed by atoms with E-state index in [0.29, 0.717) is 17.3 Å². The van der Waals surface area contributed by atoms with Crippen LogP contribution in [-0.4, -0.2) is 28.1 Å². The molecule has 0 saturated carbocycles. The molecule has 2 aromatic rings. The van der Waals surface area contributed by atoms with Crippen LogP contribution in [0.15, 0.2) is 30.5 Å². The van der Waals surface area contributed by atoms with Crippen LogP contribution in [0.2, 0.25) is 5.02 Å². The fraction of sp³-hybridized carbons (Fsp3) is 0.389. The Bertz CT molecular complexity index is 745. The highest BCUT2D eigenvalue weighted by Gasteiger charge is 2.36. The molecule has 0 radical (unpaired) electrons. The van der Waals surface area contributed by atoms with Gasteiger partial charge in [-0.25, -0.2) is 9.97 Å². The van der Waals surface area contributed by atoms with Crippen LogP contribution in [-0.2, 0) is 17.5 Å². The number of alkyl halides is 3. The van der Waals surface area contributed by atoms with E-state index in [-0.39, 0.29) is 24.5 Å². The Morgan fingerprint density at radius 1 is 1.29 bits per heavy atom. The Morgan fingerprint density at radius 3 is 2.61 bits per heavy atom. The molecule has 0 bridgehead atoms. The standard InChI is InChI=1S/C17H20ClF3N4.CH2O2/c1-2-3-4-8-22-10-12-11-23-16(25-15(12)17(19,20)21)24-14-7-5-6-13(18)9-14;2-1-3/h5-7,9,11,22H,2-4,8,10H2,1H3,(H,23,24,25);1H,(H,2,3). The molecule has 3 N–H and O–H groups in total. The number of nitrogens with zero attached hydrogens (tertiary/aromatic N) is 2. The molecule has 1 heterocycles. The number of halogens is 4. The molecule has 6 nitrogen and oxygen atoms in total. The van der Waals surface area contributed by atoms with Gasteiger partial charge in [-0.05, 0) is 31.2 Å². The van der Waals surface area contributed by atoms with Crippen LogP contribution in [0.4, 0.5) is 24.8 Å². The summed E-state index contributed by atoms with van der Waals surface area (Å²) in [5.74, 6) is -0.121. The van der Waals surface area contributed by atoms with Gasteiger partial charge in [0.1, 0.15) is 0 Å². The molecule has 0 spiro atoms. The number of carbonyl (C=O) groups is 1.